The lowest BCUT2D eigenvalue weighted by molar-refractivity contribution is -0.115. The second-order valence-electron chi connectivity index (χ2n) is 4.60. The minimum atomic E-state index is -0.122. The molecule has 3 rings (SSSR count). The number of benzene rings is 1. The first-order chi connectivity index (χ1) is 10.2. The number of hydrogen-bond donors (Lipinski definition) is 1. The van der Waals surface area contributed by atoms with Crippen molar-refractivity contribution >= 4 is 34.6 Å². The molecule has 2 heterocycles. The fraction of sp³-hybridized carbons (Fsp3) is 0.0625. The zero-order chi connectivity index (χ0) is 14.7. The molecule has 1 aliphatic rings. The third-order valence-corrected chi connectivity index (χ3v) is 3.80. The minimum Gasteiger partial charge on any atom is -0.300 e. The van der Waals surface area contributed by atoms with E-state index < -0.39 is 0 Å². The molecule has 104 valence electrons. The van der Waals surface area contributed by atoms with E-state index in [2.05, 4.69) is 15.3 Å². The number of amides is 1. The van der Waals surface area contributed by atoms with Crippen molar-refractivity contribution in [1.82, 2.24) is 10.3 Å². The van der Waals surface area contributed by atoms with Crippen LogP contribution in [0.2, 0.25) is 0 Å². The summed E-state index contributed by atoms with van der Waals surface area (Å²) in [7, 11) is 0. The Morgan fingerprint density at radius 2 is 2.05 bits per heavy atom. The van der Waals surface area contributed by atoms with Crippen LogP contribution in [0.15, 0.2) is 58.7 Å². The zero-order valence-electron chi connectivity index (χ0n) is 11.4. The van der Waals surface area contributed by atoms with E-state index in [1.807, 2.05) is 49.4 Å². The van der Waals surface area contributed by atoms with E-state index in [0.29, 0.717) is 10.1 Å². The largest absolute Gasteiger partial charge is 0.300 e. The molecule has 1 fully saturated rings. The van der Waals surface area contributed by atoms with Crippen LogP contribution < -0.4 is 5.32 Å². The smallest absolute Gasteiger partial charge is 0.264 e. The second-order valence-corrected chi connectivity index (χ2v) is 5.63. The van der Waals surface area contributed by atoms with Crippen LogP contribution in [0.3, 0.4) is 0 Å². The van der Waals surface area contributed by atoms with Crippen molar-refractivity contribution in [1.29, 1.82) is 0 Å². The number of carbonyl (C=O) groups excluding carboxylic acids is 1. The Hall–Kier alpha value is -2.40. The lowest BCUT2D eigenvalue weighted by atomic mass is 10.2. The topological polar surface area (TPSA) is 54.4 Å². The molecular formula is C16H13N3OS. The molecule has 0 unspecified atom stereocenters. The highest BCUT2D eigenvalue weighted by Gasteiger charge is 2.23. The summed E-state index contributed by atoms with van der Waals surface area (Å²) in [5.74, 6) is -0.122. The third-order valence-electron chi connectivity index (χ3n) is 2.89. The second kappa shape index (κ2) is 5.93. The van der Waals surface area contributed by atoms with Gasteiger partial charge in [0, 0.05) is 12.4 Å². The van der Waals surface area contributed by atoms with E-state index in [9.17, 15) is 4.79 Å². The van der Waals surface area contributed by atoms with Gasteiger partial charge in [-0.1, -0.05) is 12.1 Å². The van der Waals surface area contributed by atoms with Gasteiger partial charge < -0.3 is 5.32 Å². The number of hydrogen-bond acceptors (Lipinski definition) is 4. The Morgan fingerprint density at radius 1 is 1.24 bits per heavy atom. The number of amidine groups is 1. The molecule has 0 atom stereocenters. The monoisotopic (exact) mass is 295 g/mol. The van der Waals surface area contributed by atoms with Gasteiger partial charge in [-0.3, -0.25) is 9.78 Å². The van der Waals surface area contributed by atoms with E-state index >= 15 is 0 Å². The normalized spacial score (nSPS) is 18.2. The van der Waals surface area contributed by atoms with Crippen LogP contribution in [0.4, 0.5) is 5.69 Å². The van der Waals surface area contributed by atoms with Gasteiger partial charge in [0.25, 0.3) is 5.91 Å². The molecule has 0 aliphatic carbocycles. The van der Waals surface area contributed by atoms with Crippen molar-refractivity contribution < 1.29 is 4.79 Å². The fourth-order valence-electron chi connectivity index (χ4n) is 1.91. The molecule has 1 aromatic carbocycles. The molecule has 1 saturated heterocycles. The first kappa shape index (κ1) is 13.6. The molecule has 4 nitrogen and oxygen atoms in total. The third kappa shape index (κ3) is 3.38. The van der Waals surface area contributed by atoms with Crippen LogP contribution >= 0.6 is 11.8 Å². The van der Waals surface area contributed by atoms with Gasteiger partial charge in [-0.05, 0) is 60.2 Å². The molecule has 1 amide bonds. The summed E-state index contributed by atoms with van der Waals surface area (Å²) >= 11 is 1.34. The lowest BCUT2D eigenvalue weighted by Gasteiger charge is -1.97. The molecule has 1 N–H and O–H groups in total. The Balaban J connectivity index is 1.83. The number of aryl methyl sites for hydroxylation is 1. The SMILES string of the molecule is Cc1cccc(N=C2NC(=O)/C(=C/c3ccncc3)S2)c1. The summed E-state index contributed by atoms with van der Waals surface area (Å²) in [4.78, 5) is 21.0. The van der Waals surface area contributed by atoms with E-state index in [1.165, 1.54) is 11.8 Å². The lowest BCUT2D eigenvalue weighted by Crippen LogP contribution is -2.19. The van der Waals surface area contributed by atoms with E-state index in [0.717, 1.165) is 16.8 Å². The minimum absolute atomic E-state index is 0.122. The molecule has 2 aromatic rings. The maximum atomic E-state index is 11.9. The standard InChI is InChI=1S/C16H13N3OS/c1-11-3-2-4-13(9-11)18-16-19-15(20)14(21-16)10-12-5-7-17-8-6-12/h2-10H,1H3,(H,18,19,20)/b14-10-. The predicted octanol–water partition coefficient (Wildman–Crippen LogP) is 3.28. The average Bonchev–Trinajstić information content (AvgIpc) is 2.80. The molecular weight excluding hydrogens is 282 g/mol. The average molecular weight is 295 g/mol. The molecule has 0 radical (unpaired) electrons. The van der Waals surface area contributed by atoms with Crippen LogP contribution in [0.25, 0.3) is 6.08 Å². The quantitative estimate of drug-likeness (QED) is 0.865. The van der Waals surface area contributed by atoms with Crippen molar-refractivity contribution in [2.24, 2.45) is 4.99 Å². The molecule has 1 aliphatic heterocycles. The van der Waals surface area contributed by atoms with Crippen molar-refractivity contribution in [2.75, 3.05) is 0 Å². The Kier molecular flexibility index (Phi) is 3.83. The molecule has 0 bridgehead atoms. The van der Waals surface area contributed by atoms with Crippen molar-refractivity contribution in [3.05, 3.63) is 64.8 Å². The summed E-state index contributed by atoms with van der Waals surface area (Å²) in [6, 6.07) is 11.6. The van der Waals surface area contributed by atoms with Crippen LogP contribution in [0, 0.1) is 6.92 Å². The number of nitrogens with zero attached hydrogens (tertiary/aromatic N) is 2. The van der Waals surface area contributed by atoms with Crippen LogP contribution in [-0.4, -0.2) is 16.1 Å². The summed E-state index contributed by atoms with van der Waals surface area (Å²) in [5.41, 5.74) is 2.92. The number of aliphatic imine (C=N–C) groups is 1. The van der Waals surface area contributed by atoms with E-state index in [4.69, 9.17) is 0 Å². The summed E-state index contributed by atoms with van der Waals surface area (Å²) in [6.07, 6.45) is 5.23. The molecule has 1 aromatic heterocycles. The highest BCUT2D eigenvalue weighted by molar-refractivity contribution is 8.18. The summed E-state index contributed by atoms with van der Waals surface area (Å²) in [6.45, 7) is 2.01. The van der Waals surface area contributed by atoms with Crippen molar-refractivity contribution in [3.63, 3.8) is 0 Å². The predicted molar refractivity (Wildman–Crippen MR) is 86.2 cm³/mol. The zero-order valence-corrected chi connectivity index (χ0v) is 12.2. The highest BCUT2D eigenvalue weighted by Crippen LogP contribution is 2.28. The van der Waals surface area contributed by atoms with Crippen molar-refractivity contribution in [3.8, 4) is 0 Å². The van der Waals surface area contributed by atoms with E-state index in [1.54, 1.807) is 12.4 Å². The number of aromatic nitrogens is 1. The van der Waals surface area contributed by atoms with Gasteiger partial charge in [0.2, 0.25) is 0 Å². The van der Waals surface area contributed by atoms with Gasteiger partial charge in [0.15, 0.2) is 5.17 Å². The molecule has 21 heavy (non-hydrogen) atoms. The van der Waals surface area contributed by atoms with Gasteiger partial charge in [0.05, 0.1) is 10.6 Å². The maximum Gasteiger partial charge on any atom is 0.264 e. The summed E-state index contributed by atoms with van der Waals surface area (Å²) < 4.78 is 0. The van der Waals surface area contributed by atoms with Gasteiger partial charge in [-0.25, -0.2) is 4.99 Å². The molecule has 0 saturated carbocycles. The van der Waals surface area contributed by atoms with Gasteiger partial charge in [-0.2, -0.15) is 0 Å². The van der Waals surface area contributed by atoms with Crippen LogP contribution in [0.1, 0.15) is 11.1 Å². The Morgan fingerprint density at radius 3 is 2.81 bits per heavy atom. The molecule has 0 spiro atoms. The van der Waals surface area contributed by atoms with Gasteiger partial charge in [0.1, 0.15) is 0 Å². The highest BCUT2D eigenvalue weighted by atomic mass is 32.2. The first-order valence-corrected chi connectivity index (χ1v) is 7.29. The fourth-order valence-corrected chi connectivity index (χ4v) is 2.75. The first-order valence-electron chi connectivity index (χ1n) is 6.47. The molecule has 5 heteroatoms. The van der Waals surface area contributed by atoms with Crippen LogP contribution in [0.5, 0.6) is 0 Å². The number of nitrogens with one attached hydrogen (secondary N) is 1. The number of pyridine rings is 1. The number of carbonyl (C=O) groups is 1. The van der Waals surface area contributed by atoms with Gasteiger partial charge in [-0.15, -0.1) is 0 Å². The Labute approximate surface area is 127 Å². The number of rotatable bonds is 2. The summed E-state index contributed by atoms with van der Waals surface area (Å²) in [5, 5.41) is 3.38. The van der Waals surface area contributed by atoms with Gasteiger partial charge >= 0.3 is 0 Å². The van der Waals surface area contributed by atoms with Crippen LogP contribution in [-0.2, 0) is 4.79 Å². The van der Waals surface area contributed by atoms with Crippen molar-refractivity contribution in [2.45, 2.75) is 6.92 Å². The number of thioether (sulfide) groups is 1. The van der Waals surface area contributed by atoms with E-state index in [-0.39, 0.29) is 5.91 Å². The Bertz CT molecular complexity index is 738. The maximum absolute atomic E-state index is 11.9.